The molecule has 6 heteroatoms. The minimum Gasteiger partial charge on any atom is -0.351 e. The average molecular weight is 394 g/mol. The van der Waals surface area contributed by atoms with Gasteiger partial charge in [-0.1, -0.05) is 24.3 Å². The summed E-state index contributed by atoms with van der Waals surface area (Å²) in [5, 5.41) is 10.5. The van der Waals surface area contributed by atoms with E-state index in [2.05, 4.69) is 16.0 Å². The maximum Gasteiger partial charge on any atom is 0.323 e. The number of urea groups is 1. The molecular formula is C22H23N3O2S. The molecule has 0 unspecified atom stereocenters. The predicted molar refractivity (Wildman–Crippen MR) is 115 cm³/mol. The minimum absolute atomic E-state index is 0.0263. The second-order valence-electron chi connectivity index (χ2n) is 6.61. The second kappa shape index (κ2) is 9.19. The lowest BCUT2D eigenvalue weighted by Crippen LogP contribution is -2.24. The Bertz CT molecular complexity index is 950. The lowest BCUT2D eigenvalue weighted by molar-refractivity contribution is -0.120. The molecule has 3 amide bonds. The van der Waals surface area contributed by atoms with Crippen molar-refractivity contribution in [2.45, 2.75) is 26.8 Å². The molecule has 0 aliphatic heterocycles. The van der Waals surface area contributed by atoms with Gasteiger partial charge in [-0.2, -0.15) is 0 Å². The van der Waals surface area contributed by atoms with Gasteiger partial charge in [0, 0.05) is 16.3 Å². The molecule has 28 heavy (non-hydrogen) atoms. The standard InChI is InChI=1S/C22H23N3O2S/c1-15-5-8-19(12-16(15)2)25-22(27)24-18-9-6-17(7-10-18)13-21(26)23-14-20-4-3-11-28-20/h3-12H,13-14H2,1-2H3,(H,23,26)(H2,24,25,27). The Hall–Kier alpha value is -3.12. The zero-order valence-electron chi connectivity index (χ0n) is 15.9. The molecule has 3 aromatic rings. The van der Waals surface area contributed by atoms with Crippen LogP contribution in [0.3, 0.4) is 0 Å². The topological polar surface area (TPSA) is 70.2 Å². The molecule has 0 saturated heterocycles. The Labute approximate surface area is 168 Å². The number of benzene rings is 2. The van der Waals surface area contributed by atoms with E-state index in [4.69, 9.17) is 0 Å². The largest absolute Gasteiger partial charge is 0.351 e. The Morgan fingerprint density at radius 1 is 0.893 bits per heavy atom. The van der Waals surface area contributed by atoms with E-state index >= 15 is 0 Å². The molecule has 0 spiro atoms. The molecule has 0 radical (unpaired) electrons. The molecule has 3 rings (SSSR count). The van der Waals surface area contributed by atoms with Crippen molar-refractivity contribution in [3.05, 3.63) is 81.5 Å². The number of thiophene rings is 1. The lowest BCUT2D eigenvalue weighted by atomic mass is 10.1. The zero-order valence-corrected chi connectivity index (χ0v) is 16.7. The van der Waals surface area contributed by atoms with E-state index in [0.29, 0.717) is 18.7 Å². The third kappa shape index (κ3) is 5.69. The van der Waals surface area contributed by atoms with Gasteiger partial charge >= 0.3 is 6.03 Å². The van der Waals surface area contributed by atoms with Gasteiger partial charge in [0.05, 0.1) is 13.0 Å². The first-order valence-electron chi connectivity index (χ1n) is 9.03. The maximum absolute atomic E-state index is 12.2. The Kier molecular flexibility index (Phi) is 6.45. The van der Waals surface area contributed by atoms with Crippen molar-refractivity contribution in [2.24, 2.45) is 0 Å². The molecule has 0 atom stereocenters. The highest BCUT2D eigenvalue weighted by Gasteiger charge is 2.06. The number of hydrogen-bond acceptors (Lipinski definition) is 3. The van der Waals surface area contributed by atoms with Crippen LogP contribution in [0.2, 0.25) is 0 Å². The van der Waals surface area contributed by atoms with Gasteiger partial charge in [-0.05, 0) is 66.2 Å². The van der Waals surface area contributed by atoms with E-state index in [9.17, 15) is 9.59 Å². The summed E-state index contributed by atoms with van der Waals surface area (Å²) in [4.78, 5) is 25.3. The molecule has 0 bridgehead atoms. The summed E-state index contributed by atoms with van der Waals surface area (Å²) in [6.45, 7) is 4.59. The van der Waals surface area contributed by atoms with E-state index in [-0.39, 0.29) is 11.9 Å². The summed E-state index contributed by atoms with van der Waals surface area (Å²) in [5.41, 5.74) is 4.62. The van der Waals surface area contributed by atoms with Gasteiger partial charge in [0.1, 0.15) is 0 Å². The first-order chi connectivity index (χ1) is 13.5. The molecule has 1 heterocycles. The molecule has 2 aromatic carbocycles. The highest BCUT2D eigenvalue weighted by Crippen LogP contribution is 2.15. The number of nitrogens with one attached hydrogen (secondary N) is 3. The van der Waals surface area contributed by atoms with Crippen LogP contribution in [-0.2, 0) is 17.8 Å². The molecule has 0 fully saturated rings. The molecule has 0 saturated carbocycles. The quantitative estimate of drug-likeness (QED) is 0.559. The number of anilines is 2. The van der Waals surface area contributed by atoms with Gasteiger partial charge in [-0.25, -0.2) is 4.79 Å². The SMILES string of the molecule is Cc1ccc(NC(=O)Nc2ccc(CC(=O)NCc3cccs3)cc2)cc1C. The Morgan fingerprint density at radius 3 is 2.29 bits per heavy atom. The summed E-state index contributed by atoms with van der Waals surface area (Å²) in [6.07, 6.45) is 0.306. The van der Waals surface area contributed by atoms with Crippen LogP contribution in [-0.4, -0.2) is 11.9 Å². The summed E-state index contributed by atoms with van der Waals surface area (Å²) < 4.78 is 0. The fourth-order valence-corrected chi connectivity index (χ4v) is 3.31. The smallest absolute Gasteiger partial charge is 0.323 e. The fourth-order valence-electron chi connectivity index (χ4n) is 2.67. The van der Waals surface area contributed by atoms with Gasteiger partial charge < -0.3 is 16.0 Å². The van der Waals surface area contributed by atoms with Crippen LogP contribution < -0.4 is 16.0 Å². The van der Waals surface area contributed by atoms with Crippen molar-refractivity contribution in [1.82, 2.24) is 5.32 Å². The first-order valence-corrected chi connectivity index (χ1v) is 9.91. The van der Waals surface area contributed by atoms with E-state index in [1.165, 1.54) is 5.56 Å². The van der Waals surface area contributed by atoms with Crippen molar-refractivity contribution in [3.63, 3.8) is 0 Å². The highest BCUT2D eigenvalue weighted by atomic mass is 32.1. The van der Waals surface area contributed by atoms with Crippen LogP contribution in [0.25, 0.3) is 0 Å². The Morgan fingerprint density at radius 2 is 1.61 bits per heavy atom. The maximum atomic E-state index is 12.2. The highest BCUT2D eigenvalue weighted by molar-refractivity contribution is 7.09. The molecule has 144 valence electrons. The van der Waals surface area contributed by atoms with Crippen LogP contribution in [0, 0.1) is 13.8 Å². The van der Waals surface area contributed by atoms with E-state index < -0.39 is 0 Å². The summed E-state index contributed by atoms with van der Waals surface area (Å²) in [5.74, 6) is -0.0263. The van der Waals surface area contributed by atoms with E-state index in [1.54, 1.807) is 23.5 Å². The van der Waals surface area contributed by atoms with Crippen LogP contribution >= 0.6 is 11.3 Å². The number of hydrogen-bond donors (Lipinski definition) is 3. The van der Waals surface area contributed by atoms with Gasteiger partial charge in [0.2, 0.25) is 5.91 Å². The number of aryl methyl sites for hydroxylation is 2. The van der Waals surface area contributed by atoms with Crippen molar-refractivity contribution in [2.75, 3.05) is 10.6 Å². The van der Waals surface area contributed by atoms with Crippen LogP contribution in [0.4, 0.5) is 16.2 Å². The van der Waals surface area contributed by atoms with E-state index in [0.717, 1.165) is 21.7 Å². The third-order valence-corrected chi connectivity index (χ3v) is 5.26. The van der Waals surface area contributed by atoms with Crippen molar-refractivity contribution in [1.29, 1.82) is 0 Å². The number of rotatable bonds is 6. The van der Waals surface area contributed by atoms with Crippen molar-refractivity contribution in [3.8, 4) is 0 Å². The molecule has 3 N–H and O–H groups in total. The van der Waals surface area contributed by atoms with Crippen LogP contribution in [0.15, 0.2) is 60.0 Å². The summed E-state index contributed by atoms with van der Waals surface area (Å²) in [6, 6.07) is 16.7. The van der Waals surface area contributed by atoms with Crippen LogP contribution in [0.5, 0.6) is 0 Å². The van der Waals surface area contributed by atoms with Crippen molar-refractivity contribution >= 4 is 34.6 Å². The zero-order chi connectivity index (χ0) is 19.9. The lowest BCUT2D eigenvalue weighted by Gasteiger charge is -2.10. The summed E-state index contributed by atoms with van der Waals surface area (Å²) in [7, 11) is 0. The first kappa shape index (κ1) is 19.6. The number of amides is 3. The monoisotopic (exact) mass is 393 g/mol. The van der Waals surface area contributed by atoms with Crippen molar-refractivity contribution < 1.29 is 9.59 Å². The van der Waals surface area contributed by atoms with Gasteiger partial charge in [-0.3, -0.25) is 4.79 Å². The number of carbonyl (C=O) groups is 2. The van der Waals surface area contributed by atoms with Crippen LogP contribution in [0.1, 0.15) is 21.6 Å². The second-order valence-corrected chi connectivity index (χ2v) is 7.64. The van der Waals surface area contributed by atoms with Gasteiger partial charge in [0.15, 0.2) is 0 Å². The Balaban J connectivity index is 1.48. The van der Waals surface area contributed by atoms with Gasteiger partial charge in [0.25, 0.3) is 0 Å². The minimum atomic E-state index is -0.301. The number of carbonyl (C=O) groups excluding carboxylic acids is 2. The predicted octanol–water partition coefficient (Wildman–Crippen LogP) is 4.87. The van der Waals surface area contributed by atoms with E-state index in [1.807, 2.05) is 61.7 Å². The molecule has 0 aliphatic rings. The fraction of sp³-hybridized carbons (Fsp3) is 0.182. The summed E-state index contributed by atoms with van der Waals surface area (Å²) >= 11 is 1.62. The molecule has 0 aliphatic carbocycles. The normalized spacial score (nSPS) is 10.4. The van der Waals surface area contributed by atoms with Gasteiger partial charge in [-0.15, -0.1) is 11.3 Å². The third-order valence-electron chi connectivity index (χ3n) is 4.38. The molecule has 5 nitrogen and oxygen atoms in total. The molecule has 1 aromatic heterocycles. The average Bonchev–Trinajstić information content (AvgIpc) is 3.18. The molecular weight excluding hydrogens is 370 g/mol.